The predicted octanol–water partition coefficient (Wildman–Crippen LogP) is 4.10. The summed E-state index contributed by atoms with van der Waals surface area (Å²) in [4.78, 5) is 14.2. The van der Waals surface area contributed by atoms with E-state index in [-0.39, 0.29) is 12.2 Å². The van der Waals surface area contributed by atoms with E-state index in [4.69, 9.17) is 4.74 Å². The summed E-state index contributed by atoms with van der Waals surface area (Å²) in [7, 11) is 0. The lowest BCUT2D eigenvalue weighted by Gasteiger charge is -2.63. The molecule has 2 aliphatic heterocycles. The van der Waals surface area contributed by atoms with Gasteiger partial charge in [0.25, 0.3) is 5.91 Å². The molecule has 1 spiro atoms. The number of carbonyl (C=O) groups excluding carboxylic acids is 1. The molecule has 3 nitrogen and oxygen atoms in total. The molecule has 0 aromatic heterocycles. The normalized spacial score (nSPS) is 28.0. The molecule has 2 aliphatic rings. The number of halogens is 3. The minimum absolute atomic E-state index is 0.0592. The maximum atomic E-state index is 13.4. The van der Waals surface area contributed by atoms with Gasteiger partial charge in [0, 0.05) is 17.5 Å². The first-order valence-electron chi connectivity index (χ1n) is 7.64. The van der Waals surface area contributed by atoms with Crippen LogP contribution in [0.5, 0.6) is 0 Å². The van der Waals surface area contributed by atoms with Crippen molar-refractivity contribution in [3.63, 3.8) is 0 Å². The van der Waals surface area contributed by atoms with Gasteiger partial charge in [0.1, 0.15) is 0 Å². The Kier molecular flexibility index (Phi) is 3.04. The number of likely N-dealkylation sites (N-methyl/N-ethyl adjacent to an activating group) is 1. The van der Waals surface area contributed by atoms with Crippen molar-refractivity contribution in [3.8, 4) is 0 Å². The van der Waals surface area contributed by atoms with Crippen molar-refractivity contribution in [2.75, 3.05) is 11.4 Å². The number of amides is 1. The van der Waals surface area contributed by atoms with Gasteiger partial charge in [-0.1, -0.05) is 26.0 Å². The van der Waals surface area contributed by atoms with Crippen LogP contribution in [0.4, 0.5) is 18.9 Å². The van der Waals surface area contributed by atoms with Gasteiger partial charge in [-0.05, 0) is 26.8 Å². The van der Waals surface area contributed by atoms with Gasteiger partial charge in [-0.25, -0.2) is 0 Å². The van der Waals surface area contributed by atoms with Crippen molar-refractivity contribution in [2.45, 2.75) is 52.0 Å². The van der Waals surface area contributed by atoms with E-state index in [9.17, 15) is 18.0 Å². The zero-order valence-electron chi connectivity index (χ0n) is 13.8. The second-order valence-corrected chi connectivity index (χ2v) is 7.17. The van der Waals surface area contributed by atoms with Crippen LogP contribution in [-0.4, -0.2) is 18.1 Å². The molecule has 0 aliphatic carbocycles. The zero-order chi connectivity index (χ0) is 17.4. The Morgan fingerprint density at radius 3 is 2.22 bits per heavy atom. The van der Waals surface area contributed by atoms with Crippen LogP contribution >= 0.6 is 0 Å². The van der Waals surface area contributed by atoms with Gasteiger partial charge in [0.05, 0.1) is 16.9 Å². The van der Waals surface area contributed by atoms with E-state index < -0.39 is 34.3 Å². The lowest BCUT2D eigenvalue weighted by atomic mass is 9.57. The number of carbonyl (C=O) groups is 1. The SMILES string of the molecule is CCN1C(=O)C2(OC(C)(C)C2(C)C)c2cccc(C(F)(F)F)c21. The molecule has 1 aromatic carbocycles. The van der Waals surface area contributed by atoms with E-state index in [1.807, 2.05) is 27.7 Å². The van der Waals surface area contributed by atoms with Gasteiger partial charge >= 0.3 is 6.18 Å². The number of nitrogens with zero attached hydrogens (tertiary/aromatic N) is 1. The fraction of sp³-hybridized carbons (Fsp3) is 0.588. The Morgan fingerprint density at radius 1 is 1.17 bits per heavy atom. The van der Waals surface area contributed by atoms with E-state index in [1.165, 1.54) is 11.0 Å². The maximum absolute atomic E-state index is 13.4. The Labute approximate surface area is 133 Å². The fourth-order valence-corrected chi connectivity index (χ4v) is 3.77. The molecule has 1 amide bonds. The van der Waals surface area contributed by atoms with Crippen LogP contribution in [0.1, 0.15) is 45.7 Å². The smallest absolute Gasteiger partial charge is 0.353 e. The van der Waals surface area contributed by atoms with Crippen LogP contribution in [0.2, 0.25) is 0 Å². The Bertz CT molecular complexity index is 694. The highest BCUT2D eigenvalue weighted by molar-refractivity contribution is 6.09. The average molecular weight is 327 g/mol. The van der Waals surface area contributed by atoms with Crippen molar-refractivity contribution < 1.29 is 22.7 Å². The van der Waals surface area contributed by atoms with Crippen LogP contribution in [0.15, 0.2) is 18.2 Å². The molecule has 6 heteroatoms. The molecule has 1 atom stereocenters. The molecule has 2 heterocycles. The van der Waals surface area contributed by atoms with Crippen LogP contribution in [0.3, 0.4) is 0 Å². The van der Waals surface area contributed by atoms with Gasteiger partial charge < -0.3 is 9.64 Å². The third-order valence-electron chi connectivity index (χ3n) is 5.65. The topological polar surface area (TPSA) is 29.5 Å². The first-order valence-corrected chi connectivity index (χ1v) is 7.64. The molecule has 1 unspecified atom stereocenters. The Morgan fingerprint density at radius 2 is 1.78 bits per heavy atom. The summed E-state index contributed by atoms with van der Waals surface area (Å²) in [5.74, 6) is -0.406. The molecule has 0 bridgehead atoms. The van der Waals surface area contributed by atoms with Gasteiger partial charge in [0.15, 0.2) is 5.60 Å². The highest BCUT2D eigenvalue weighted by Gasteiger charge is 2.75. The first-order chi connectivity index (χ1) is 10.4. The lowest BCUT2D eigenvalue weighted by molar-refractivity contribution is -0.342. The van der Waals surface area contributed by atoms with Crippen molar-refractivity contribution in [3.05, 3.63) is 29.3 Å². The van der Waals surface area contributed by atoms with E-state index >= 15 is 0 Å². The van der Waals surface area contributed by atoms with E-state index in [1.54, 1.807) is 13.0 Å². The number of fused-ring (bicyclic) bond motifs is 2. The summed E-state index contributed by atoms with van der Waals surface area (Å²) in [5, 5.41) is 0. The zero-order valence-corrected chi connectivity index (χ0v) is 13.8. The van der Waals surface area contributed by atoms with Crippen LogP contribution < -0.4 is 4.90 Å². The quantitative estimate of drug-likeness (QED) is 0.777. The first kappa shape index (κ1) is 16.3. The van der Waals surface area contributed by atoms with Crippen LogP contribution in [0, 0.1) is 5.41 Å². The standard InChI is InChI=1S/C17H20F3NO2/c1-6-21-12-10(8-7-9-11(12)17(18,19)20)16(13(21)22)14(2,3)15(4,5)23-16/h7-9H,6H2,1-5H3. The summed E-state index contributed by atoms with van der Waals surface area (Å²) in [6.45, 7) is 9.29. The van der Waals surface area contributed by atoms with Gasteiger partial charge in [0.2, 0.25) is 0 Å². The van der Waals surface area contributed by atoms with Crippen LogP contribution in [0.25, 0.3) is 0 Å². The molecule has 3 rings (SSSR count). The fourth-order valence-electron chi connectivity index (χ4n) is 3.77. The molecule has 0 N–H and O–H groups in total. The van der Waals surface area contributed by atoms with E-state index in [2.05, 4.69) is 0 Å². The molecule has 1 aromatic rings. The minimum Gasteiger partial charge on any atom is -0.353 e. The number of benzene rings is 1. The number of rotatable bonds is 1. The number of para-hydroxylation sites is 1. The van der Waals surface area contributed by atoms with E-state index in [0.29, 0.717) is 5.56 Å². The summed E-state index contributed by atoms with van der Waals surface area (Å²) in [5.41, 5.74) is -3.09. The average Bonchev–Trinajstić information content (AvgIpc) is 2.68. The number of hydrogen-bond acceptors (Lipinski definition) is 2. The maximum Gasteiger partial charge on any atom is 0.418 e. The molecule has 1 fully saturated rings. The predicted molar refractivity (Wildman–Crippen MR) is 80.1 cm³/mol. The highest BCUT2D eigenvalue weighted by Crippen LogP contribution is 2.67. The van der Waals surface area contributed by atoms with Crippen molar-refractivity contribution in [1.29, 1.82) is 0 Å². The highest BCUT2D eigenvalue weighted by atomic mass is 19.4. The number of anilines is 1. The number of alkyl halides is 3. The number of hydrogen-bond donors (Lipinski definition) is 0. The summed E-state index contributed by atoms with van der Waals surface area (Å²) < 4.78 is 46.2. The molecule has 0 radical (unpaired) electrons. The van der Waals surface area contributed by atoms with Gasteiger partial charge in [-0.15, -0.1) is 0 Å². The Hall–Kier alpha value is -1.56. The second-order valence-electron chi connectivity index (χ2n) is 7.17. The monoisotopic (exact) mass is 327 g/mol. The third-order valence-corrected chi connectivity index (χ3v) is 5.65. The van der Waals surface area contributed by atoms with Gasteiger partial charge in [-0.3, -0.25) is 4.79 Å². The van der Waals surface area contributed by atoms with Crippen molar-refractivity contribution in [1.82, 2.24) is 0 Å². The summed E-state index contributed by atoms with van der Waals surface area (Å²) in [6, 6.07) is 3.94. The lowest BCUT2D eigenvalue weighted by Crippen LogP contribution is -2.72. The molecular formula is C17H20F3NO2. The van der Waals surface area contributed by atoms with Crippen LogP contribution in [-0.2, 0) is 21.3 Å². The second kappa shape index (κ2) is 4.29. The van der Waals surface area contributed by atoms with Crippen molar-refractivity contribution in [2.24, 2.45) is 5.41 Å². The molecule has 126 valence electrons. The number of ether oxygens (including phenoxy) is 1. The van der Waals surface area contributed by atoms with Crippen molar-refractivity contribution >= 4 is 11.6 Å². The largest absolute Gasteiger partial charge is 0.418 e. The molecule has 1 saturated heterocycles. The summed E-state index contributed by atoms with van der Waals surface area (Å²) in [6.07, 6.45) is -4.52. The summed E-state index contributed by atoms with van der Waals surface area (Å²) >= 11 is 0. The van der Waals surface area contributed by atoms with Gasteiger partial charge in [-0.2, -0.15) is 13.2 Å². The van der Waals surface area contributed by atoms with E-state index in [0.717, 1.165) is 6.07 Å². The molecular weight excluding hydrogens is 307 g/mol. The third kappa shape index (κ3) is 1.67. The minimum atomic E-state index is -4.52. The Balaban J connectivity index is 2.30. The molecule has 23 heavy (non-hydrogen) atoms. The molecule has 0 saturated carbocycles.